The molecule has 1 aliphatic heterocycles. The zero-order valence-electron chi connectivity index (χ0n) is 14.6. The molecule has 4 atom stereocenters. The van der Waals surface area contributed by atoms with Gasteiger partial charge < -0.3 is 30.1 Å². The molecule has 24 heavy (non-hydrogen) atoms. The number of amides is 1. The lowest BCUT2D eigenvalue weighted by Crippen LogP contribution is -2.50. The quantitative estimate of drug-likeness (QED) is 0.336. The first-order valence-electron chi connectivity index (χ1n) is 8.61. The molecule has 0 aromatic heterocycles. The van der Waals surface area contributed by atoms with Crippen molar-refractivity contribution in [1.82, 2.24) is 5.32 Å². The minimum Gasteiger partial charge on any atom is -0.394 e. The van der Waals surface area contributed by atoms with Crippen molar-refractivity contribution in [3.63, 3.8) is 0 Å². The van der Waals surface area contributed by atoms with Crippen LogP contribution in [-0.4, -0.2) is 65.6 Å². The maximum atomic E-state index is 11.6. The molecule has 4 N–H and O–H groups in total. The van der Waals surface area contributed by atoms with Gasteiger partial charge in [0.2, 0.25) is 5.91 Å². The van der Waals surface area contributed by atoms with Crippen LogP contribution in [0.3, 0.4) is 0 Å². The SMILES string of the molecule is CC(C)/C=C/CNC(=O)CCCCOC1CC(O)C(O)C(CO)O1. The number of aliphatic hydroxyl groups is 3. The van der Waals surface area contributed by atoms with Crippen LogP contribution >= 0.6 is 0 Å². The topological polar surface area (TPSA) is 108 Å². The van der Waals surface area contributed by atoms with Crippen molar-refractivity contribution in [2.75, 3.05) is 19.8 Å². The second kappa shape index (κ2) is 11.5. The van der Waals surface area contributed by atoms with Crippen molar-refractivity contribution in [2.45, 2.75) is 64.1 Å². The van der Waals surface area contributed by atoms with E-state index in [9.17, 15) is 15.0 Å². The smallest absolute Gasteiger partial charge is 0.220 e. The lowest BCUT2D eigenvalue weighted by Gasteiger charge is -2.36. The summed E-state index contributed by atoms with van der Waals surface area (Å²) in [7, 11) is 0. The Labute approximate surface area is 143 Å². The van der Waals surface area contributed by atoms with Gasteiger partial charge in [-0.3, -0.25) is 4.79 Å². The second-order valence-electron chi connectivity index (χ2n) is 6.38. The summed E-state index contributed by atoms with van der Waals surface area (Å²) in [5, 5.41) is 31.2. The van der Waals surface area contributed by atoms with Crippen molar-refractivity contribution < 1.29 is 29.6 Å². The molecule has 4 unspecified atom stereocenters. The Morgan fingerprint density at radius 2 is 2.12 bits per heavy atom. The third-order valence-corrected chi connectivity index (χ3v) is 3.76. The molecule has 0 saturated carbocycles. The fourth-order valence-electron chi connectivity index (χ4n) is 2.38. The van der Waals surface area contributed by atoms with Crippen LogP contribution in [0, 0.1) is 5.92 Å². The molecule has 0 radical (unpaired) electrons. The van der Waals surface area contributed by atoms with Crippen molar-refractivity contribution >= 4 is 5.91 Å². The number of ether oxygens (including phenoxy) is 2. The third-order valence-electron chi connectivity index (χ3n) is 3.76. The average Bonchev–Trinajstić information content (AvgIpc) is 2.54. The molecular formula is C17H31NO6. The van der Waals surface area contributed by atoms with Crippen molar-refractivity contribution in [3.8, 4) is 0 Å². The number of rotatable bonds is 10. The van der Waals surface area contributed by atoms with Crippen LogP contribution < -0.4 is 5.32 Å². The summed E-state index contributed by atoms with van der Waals surface area (Å²) in [6.07, 6.45) is 2.45. The van der Waals surface area contributed by atoms with Crippen LogP contribution in [0.15, 0.2) is 12.2 Å². The summed E-state index contributed by atoms with van der Waals surface area (Å²) in [6, 6.07) is 0. The van der Waals surface area contributed by atoms with Gasteiger partial charge in [0.05, 0.1) is 12.7 Å². The largest absolute Gasteiger partial charge is 0.394 e. The lowest BCUT2D eigenvalue weighted by atomic mass is 10.0. The summed E-state index contributed by atoms with van der Waals surface area (Å²) in [4.78, 5) is 11.6. The molecule has 0 aromatic rings. The first-order chi connectivity index (χ1) is 11.4. The van der Waals surface area contributed by atoms with Gasteiger partial charge in [0, 0.05) is 26.0 Å². The maximum Gasteiger partial charge on any atom is 0.220 e. The Morgan fingerprint density at radius 1 is 1.38 bits per heavy atom. The molecule has 1 rings (SSSR count). The average molecular weight is 345 g/mol. The minimum absolute atomic E-state index is 0.0104. The Morgan fingerprint density at radius 3 is 2.79 bits per heavy atom. The molecule has 0 aliphatic carbocycles. The monoisotopic (exact) mass is 345 g/mol. The molecule has 0 spiro atoms. The first kappa shape index (κ1) is 21.1. The van der Waals surface area contributed by atoms with E-state index in [0.717, 1.165) is 0 Å². The minimum atomic E-state index is -1.09. The standard InChI is InChI=1S/C17H31NO6/c1-12(2)6-5-8-18-15(21)7-3-4-9-23-16-10-13(20)17(22)14(11-19)24-16/h5-6,12-14,16-17,19-20,22H,3-4,7-11H2,1-2H3,(H,18,21)/b6-5+. The Balaban J connectivity index is 2.08. The van der Waals surface area contributed by atoms with E-state index in [0.29, 0.717) is 38.3 Å². The fourth-order valence-corrected chi connectivity index (χ4v) is 2.38. The van der Waals surface area contributed by atoms with Crippen LogP contribution in [0.4, 0.5) is 0 Å². The van der Waals surface area contributed by atoms with Gasteiger partial charge in [0.1, 0.15) is 12.2 Å². The van der Waals surface area contributed by atoms with Crippen LogP contribution in [0.25, 0.3) is 0 Å². The predicted molar refractivity (Wildman–Crippen MR) is 89.2 cm³/mol. The van der Waals surface area contributed by atoms with Gasteiger partial charge in [-0.1, -0.05) is 26.0 Å². The van der Waals surface area contributed by atoms with Crippen molar-refractivity contribution in [1.29, 1.82) is 0 Å². The van der Waals surface area contributed by atoms with Crippen LogP contribution in [-0.2, 0) is 14.3 Å². The van der Waals surface area contributed by atoms with Gasteiger partial charge in [-0.05, 0) is 18.8 Å². The van der Waals surface area contributed by atoms with E-state index in [-0.39, 0.29) is 18.9 Å². The Hall–Kier alpha value is -0.990. The number of nitrogens with one attached hydrogen (secondary N) is 1. The summed E-state index contributed by atoms with van der Waals surface area (Å²) < 4.78 is 10.9. The summed E-state index contributed by atoms with van der Waals surface area (Å²) >= 11 is 0. The molecule has 0 aromatic carbocycles. The van der Waals surface area contributed by atoms with Gasteiger partial charge in [0.25, 0.3) is 0 Å². The zero-order chi connectivity index (χ0) is 17.9. The first-order valence-corrected chi connectivity index (χ1v) is 8.61. The summed E-state index contributed by atoms with van der Waals surface area (Å²) in [6.45, 7) is 4.73. The predicted octanol–water partition coefficient (Wildman–Crippen LogP) is 0.331. The molecule has 1 fully saturated rings. The van der Waals surface area contributed by atoms with Crippen molar-refractivity contribution in [2.24, 2.45) is 5.92 Å². The molecule has 0 bridgehead atoms. The zero-order valence-corrected chi connectivity index (χ0v) is 14.6. The van der Waals surface area contributed by atoms with Crippen LogP contribution in [0.1, 0.15) is 39.5 Å². The normalized spacial score (nSPS) is 27.8. The van der Waals surface area contributed by atoms with E-state index in [4.69, 9.17) is 14.6 Å². The highest BCUT2D eigenvalue weighted by Gasteiger charge is 2.36. The molecule has 7 heteroatoms. The molecular weight excluding hydrogens is 314 g/mol. The van der Waals surface area contributed by atoms with Gasteiger partial charge >= 0.3 is 0 Å². The Bertz CT molecular complexity index is 387. The lowest BCUT2D eigenvalue weighted by molar-refractivity contribution is -0.256. The number of aliphatic hydroxyl groups excluding tert-OH is 3. The number of hydrogen-bond donors (Lipinski definition) is 4. The van der Waals surface area contributed by atoms with E-state index in [1.807, 2.05) is 12.2 Å². The number of carbonyl (C=O) groups is 1. The molecule has 140 valence electrons. The van der Waals surface area contributed by atoms with Gasteiger partial charge in [-0.25, -0.2) is 0 Å². The molecule has 1 heterocycles. The number of carbonyl (C=O) groups excluding carboxylic acids is 1. The highest BCUT2D eigenvalue weighted by molar-refractivity contribution is 5.75. The molecule has 1 amide bonds. The van der Waals surface area contributed by atoms with E-state index in [2.05, 4.69) is 19.2 Å². The van der Waals surface area contributed by atoms with Crippen molar-refractivity contribution in [3.05, 3.63) is 12.2 Å². The molecule has 1 saturated heterocycles. The van der Waals surface area contributed by atoms with Gasteiger partial charge in [-0.15, -0.1) is 0 Å². The van der Waals surface area contributed by atoms with E-state index in [1.54, 1.807) is 0 Å². The summed E-state index contributed by atoms with van der Waals surface area (Å²) in [5.74, 6) is 0.488. The Kier molecular flexibility index (Phi) is 10.1. The van der Waals surface area contributed by atoms with E-state index < -0.39 is 24.6 Å². The van der Waals surface area contributed by atoms with Crippen LogP contribution in [0.2, 0.25) is 0 Å². The van der Waals surface area contributed by atoms with Gasteiger partial charge in [-0.2, -0.15) is 0 Å². The maximum absolute atomic E-state index is 11.6. The third kappa shape index (κ3) is 8.21. The molecule has 7 nitrogen and oxygen atoms in total. The van der Waals surface area contributed by atoms with Gasteiger partial charge in [0.15, 0.2) is 6.29 Å². The fraction of sp³-hybridized carbons (Fsp3) is 0.824. The summed E-state index contributed by atoms with van der Waals surface area (Å²) in [5.41, 5.74) is 0. The second-order valence-corrected chi connectivity index (χ2v) is 6.38. The highest BCUT2D eigenvalue weighted by atomic mass is 16.7. The van der Waals surface area contributed by atoms with Crippen LogP contribution in [0.5, 0.6) is 0 Å². The highest BCUT2D eigenvalue weighted by Crippen LogP contribution is 2.21. The number of unbranched alkanes of at least 4 members (excludes halogenated alkanes) is 1. The van der Waals surface area contributed by atoms with E-state index in [1.165, 1.54) is 0 Å². The molecule has 1 aliphatic rings. The number of allylic oxidation sites excluding steroid dienone is 1. The number of hydrogen-bond acceptors (Lipinski definition) is 6. The van der Waals surface area contributed by atoms with E-state index >= 15 is 0 Å².